The predicted molar refractivity (Wildman–Crippen MR) is 82.0 cm³/mol. The number of hydrogen-bond acceptors (Lipinski definition) is 5. The van der Waals surface area contributed by atoms with Gasteiger partial charge in [-0.15, -0.1) is 5.01 Å². The van der Waals surface area contributed by atoms with Crippen LogP contribution in [0, 0.1) is 0 Å². The van der Waals surface area contributed by atoms with E-state index in [0.29, 0.717) is 17.1 Å². The van der Waals surface area contributed by atoms with Crippen LogP contribution in [0.4, 0.5) is 4.79 Å². The molecule has 0 unspecified atom stereocenters. The van der Waals surface area contributed by atoms with Gasteiger partial charge in [0.05, 0.1) is 19.6 Å². The van der Waals surface area contributed by atoms with Crippen LogP contribution >= 0.6 is 0 Å². The SMILES string of the molecule is COc1ccc([C@]2(C)NC(=O)N(/N=C\c3ccco3)C2=O)cc1. The van der Waals surface area contributed by atoms with Crippen LogP contribution in [-0.4, -0.2) is 30.3 Å². The van der Waals surface area contributed by atoms with Gasteiger partial charge in [-0.1, -0.05) is 12.1 Å². The van der Waals surface area contributed by atoms with Crippen molar-refractivity contribution in [2.75, 3.05) is 7.11 Å². The van der Waals surface area contributed by atoms with E-state index in [1.54, 1.807) is 50.4 Å². The number of rotatable bonds is 4. The van der Waals surface area contributed by atoms with E-state index < -0.39 is 17.5 Å². The molecule has 1 aliphatic heterocycles. The Morgan fingerprint density at radius 2 is 2.00 bits per heavy atom. The first-order valence-corrected chi connectivity index (χ1v) is 6.93. The maximum atomic E-state index is 12.6. The summed E-state index contributed by atoms with van der Waals surface area (Å²) in [6.07, 6.45) is 2.80. The van der Waals surface area contributed by atoms with E-state index in [9.17, 15) is 9.59 Å². The van der Waals surface area contributed by atoms with Crippen LogP contribution in [0.15, 0.2) is 52.2 Å². The van der Waals surface area contributed by atoms with Crippen molar-refractivity contribution in [2.45, 2.75) is 12.5 Å². The zero-order valence-electron chi connectivity index (χ0n) is 12.6. The third kappa shape index (κ3) is 2.57. The van der Waals surface area contributed by atoms with Crippen LogP contribution < -0.4 is 10.1 Å². The van der Waals surface area contributed by atoms with Crippen molar-refractivity contribution in [3.8, 4) is 5.75 Å². The minimum absolute atomic E-state index is 0.448. The van der Waals surface area contributed by atoms with E-state index in [0.717, 1.165) is 5.01 Å². The van der Waals surface area contributed by atoms with Crippen LogP contribution in [0.3, 0.4) is 0 Å². The molecule has 7 heteroatoms. The number of amides is 3. The quantitative estimate of drug-likeness (QED) is 0.692. The number of nitrogens with zero attached hydrogens (tertiary/aromatic N) is 2. The summed E-state index contributed by atoms with van der Waals surface area (Å²) < 4.78 is 10.2. The Balaban J connectivity index is 1.86. The third-order valence-corrected chi connectivity index (χ3v) is 3.68. The molecule has 23 heavy (non-hydrogen) atoms. The van der Waals surface area contributed by atoms with Crippen LogP contribution in [0.25, 0.3) is 0 Å². The van der Waals surface area contributed by atoms with Crippen molar-refractivity contribution < 1.29 is 18.7 Å². The maximum Gasteiger partial charge on any atom is 0.346 e. The normalized spacial score (nSPS) is 21.0. The largest absolute Gasteiger partial charge is 0.497 e. The van der Waals surface area contributed by atoms with Crippen molar-refractivity contribution >= 4 is 18.2 Å². The highest BCUT2D eigenvalue weighted by atomic mass is 16.5. The number of ether oxygens (including phenoxy) is 1. The lowest BCUT2D eigenvalue weighted by Crippen LogP contribution is -2.40. The first-order chi connectivity index (χ1) is 11.0. The smallest absolute Gasteiger partial charge is 0.346 e. The van der Waals surface area contributed by atoms with Crippen LogP contribution in [-0.2, 0) is 10.3 Å². The number of carbonyl (C=O) groups is 2. The van der Waals surface area contributed by atoms with Gasteiger partial charge in [0, 0.05) is 0 Å². The van der Waals surface area contributed by atoms with Crippen molar-refractivity contribution in [1.29, 1.82) is 0 Å². The summed E-state index contributed by atoms with van der Waals surface area (Å²) in [6, 6.07) is 9.70. The van der Waals surface area contributed by atoms with E-state index in [-0.39, 0.29) is 0 Å². The number of hydrazone groups is 1. The number of urea groups is 1. The fourth-order valence-electron chi connectivity index (χ4n) is 2.33. The Bertz CT molecular complexity index is 752. The fourth-order valence-corrected chi connectivity index (χ4v) is 2.33. The van der Waals surface area contributed by atoms with Gasteiger partial charge in [-0.25, -0.2) is 4.79 Å². The molecule has 1 aromatic carbocycles. The fraction of sp³-hybridized carbons (Fsp3) is 0.188. The number of benzene rings is 1. The molecule has 1 N–H and O–H groups in total. The Hall–Kier alpha value is -3.09. The van der Waals surface area contributed by atoms with Gasteiger partial charge >= 0.3 is 6.03 Å². The number of nitrogens with one attached hydrogen (secondary N) is 1. The van der Waals surface area contributed by atoms with Gasteiger partial charge in [0.25, 0.3) is 5.91 Å². The standard InChI is InChI=1S/C16H15N3O4/c1-16(11-5-7-12(22-2)8-6-11)14(20)19(15(21)18-16)17-10-13-4-3-9-23-13/h3-10H,1-2H3,(H,18,21)/b17-10-/t16-/m0/s1. The third-order valence-electron chi connectivity index (χ3n) is 3.68. The zero-order chi connectivity index (χ0) is 16.4. The van der Waals surface area contributed by atoms with E-state index in [1.807, 2.05) is 0 Å². The number of carbonyl (C=O) groups excluding carboxylic acids is 2. The molecular weight excluding hydrogens is 298 g/mol. The number of furan rings is 1. The second kappa shape index (κ2) is 5.60. The number of imide groups is 1. The molecule has 0 radical (unpaired) electrons. The van der Waals surface area contributed by atoms with Crippen molar-refractivity contribution in [1.82, 2.24) is 10.3 Å². The molecule has 1 aliphatic rings. The Morgan fingerprint density at radius 1 is 1.26 bits per heavy atom. The highest BCUT2D eigenvalue weighted by molar-refractivity contribution is 6.07. The summed E-state index contributed by atoms with van der Waals surface area (Å²) in [5.41, 5.74) is -0.531. The summed E-state index contributed by atoms with van der Waals surface area (Å²) in [6.45, 7) is 1.64. The Labute approximate surface area is 132 Å². The molecule has 2 aromatic rings. The van der Waals surface area contributed by atoms with Gasteiger partial charge in [0.15, 0.2) is 0 Å². The Kier molecular flexibility index (Phi) is 3.61. The van der Waals surface area contributed by atoms with Gasteiger partial charge in [0.1, 0.15) is 17.0 Å². The zero-order valence-corrected chi connectivity index (χ0v) is 12.6. The molecule has 1 atom stereocenters. The molecule has 118 valence electrons. The van der Waals surface area contributed by atoms with Gasteiger partial charge in [-0.05, 0) is 36.8 Å². The first kappa shape index (κ1) is 14.8. The van der Waals surface area contributed by atoms with Gasteiger partial charge in [-0.3, -0.25) is 4.79 Å². The number of hydrogen-bond donors (Lipinski definition) is 1. The molecule has 1 saturated heterocycles. The summed E-state index contributed by atoms with van der Waals surface area (Å²) >= 11 is 0. The lowest BCUT2D eigenvalue weighted by Gasteiger charge is -2.21. The lowest BCUT2D eigenvalue weighted by molar-refractivity contribution is -0.131. The second-order valence-electron chi connectivity index (χ2n) is 5.16. The average molecular weight is 313 g/mol. The lowest BCUT2D eigenvalue weighted by atomic mass is 9.92. The second-order valence-corrected chi connectivity index (χ2v) is 5.16. The molecule has 0 spiro atoms. The van der Waals surface area contributed by atoms with Crippen LogP contribution in [0.1, 0.15) is 18.2 Å². The maximum absolute atomic E-state index is 12.6. The highest BCUT2D eigenvalue weighted by Gasteiger charge is 2.49. The van der Waals surface area contributed by atoms with Crippen LogP contribution in [0.5, 0.6) is 5.75 Å². The summed E-state index contributed by atoms with van der Waals surface area (Å²) in [5, 5.41) is 7.38. The topological polar surface area (TPSA) is 84.1 Å². The van der Waals surface area contributed by atoms with Gasteiger partial charge in [-0.2, -0.15) is 5.10 Å². The molecule has 0 bridgehead atoms. The van der Waals surface area contributed by atoms with E-state index in [1.165, 1.54) is 12.5 Å². The molecule has 2 heterocycles. The molecule has 1 fully saturated rings. The molecular formula is C16H15N3O4. The van der Waals surface area contributed by atoms with Gasteiger partial charge < -0.3 is 14.5 Å². The summed E-state index contributed by atoms with van der Waals surface area (Å²) in [5.74, 6) is 0.654. The number of methoxy groups -OCH3 is 1. The monoisotopic (exact) mass is 313 g/mol. The molecule has 0 aliphatic carbocycles. The van der Waals surface area contributed by atoms with Crippen molar-refractivity contribution in [2.24, 2.45) is 5.10 Å². The summed E-state index contributed by atoms with van der Waals surface area (Å²) in [4.78, 5) is 24.7. The van der Waals surface area contributed by atoms with E-state index in [2.05, 4.69) is 10.4 Å². The minimum atomic E-state index is -1.18. The van der Waals surface area contributed by atoms with Crippen LogP contribution in [0.2, 0.25) is 0 Å². The Morgan fingerprint density at radius 3 is 2.61 bits per heavy atom. The average Bonchev–Trinajstić information content (AvgIpc) is 3.14. The van der Waals surface area contributed by atoms with E-state index >= 15 is 0 Å². The van der Waals surface area contributed by atoms with E-state index in [4.69, 9.17) is 9.15 Å². The first-order valence-electron chi connectivity index (χ1n) is 6.93. The molecule has 3 rings (SSSR count). The molecule has 0 saturated carbocycles. The molecule has 7 nitrogen and oxygen atoms in total. The minimum Gasteiger partial charge on any atom is -0.497 e. The summed E-state index contributed by atoms with van der Waals surface area (Å²) in [7, 11) is 1.56. The molecule has 3 amide bonds. The molecule has 1 aromatic heterocycles. The van der Waals surface area contributed by atoms with Crippen molar-refractivity contribution in [3.63, 3.8) is 0 Å². The van der Waals surface area contributed by atoms with Crippen molar-refractivity contribution in [3.05, 3.63) is 54.0 Å². The highest BCUT2D eigenvalue weighted by Crippen LogP contribution is 2.30. The predicted octanol–water partition coefficient (Wildman–Crippen LogP) is 2.09. The van der Waals surface area contributed by atoms with Gasteiger partial charge in [0.2, 0.25) is 0 Å².